The summed E-state index contributed by atoms with van der Waals surface area (Å²) in [5, 5.41) is 20.7. The van der Waals surface area contributed by atoms with Gasteiger partial charge in [-0.1, -0.05) is 6.58 Å². The first kappa shape index (κ1) is 16.0. The summed E-state index contributed by atoms with van der Waals surface area (Å²) in [6.07, 6.45) is 5.68. The first-order valence-corrected chi connectivity index (χ1v) is 9.09. The second-order valence-electron chi connectivity index (χ2n) is 7.42. The Balaban J connectivity index is 1.43. The van der Waals surface area contributed by atoms with Crippen molar-refractivity contribution in [1.29, 1.82) is 0 Å². The van der Waals surface area contributed by atoms with E-state index in [1.54, 1.807) is 18.5 Å². The van der Waals surface area contributed by atoms with Gasteiger partial charge in [-0.25, -0.2) is 9.97 Å². The molecule has 0 amide bonds. The summed E-state index contributed by atoms with van der Waals surface area (Å²) in [4.78, 5) is 16.6. The first-order chi connectivity index (χ1) is 13.1. The van der Waals surface area contributed by atoms with E-state index in [1.807, 2.05) is 12.3 Å². The molecule has 2 aromatic heterocycles. The maximum atomic E-state index is 9.81. The SMILES string of the molecule is C=C(c1cc(O)cc(O)c1)N1CCN(c2ncnc3[nH]ccc23)CC12CC2. The fourth-order valence-corrected chi connectivity index (χ4v) is 4.18. The van der Waals surface area contributed by atoms with Gasteiger partial charge in [0.05, 0.1) is 10.9 Å². The van der Waals surface area contributed by atoms with E-state index < -0.39 is 0 Å². The lowest BCUT2D eigenvalue weighted by Gasteiger charge is -2.45. The predicted molar refractivity (Wildman–Crippen MR) is 104 cm³/mol. The molecule has 3 heterocycles. The summed E-state index contributed by atoms with van der Waals surface area (Å²) in [5.74, 6) is 1.06. The fraction of sp³-hybridized carbons (Fsp3) is 0.300. The van der Waals surface area contributed by atoms with Crippen molar-refractivity contribution >= 4 is 22.5 Å². The number of H-pyrrole nitrogens is 1. The number of rotatable bonds is 3. The fourth-order valence-electron chi connectivity index (χ4n) is 4.18. The molecule has 1 saturated heterocycles. The number of aromatic nitrogens is 3. The van der Waals surface area contributed by atoms with E-state index in [0.29, 0.717) is 0 Å². The highest BCUT2D eigenvalue weighted by Gasteiger charge is 2.52. The molecule has 1 saturated carbocycles. The molecular formula is C20H21N5O2. The van der Waals surface area contributed by atoms with Gasteiger partial charge < -0.3 is 25.0 Å². The van der Waals surface area contributed by atoms with Crippen molar-refractivity contribution in [2.75, 3.05) is 24.5 Å². The summed E-state index contributed by atoms with van der Waals surface area (Å²) in [7, 11) is 0. The van der Waals surface area contributed by atoms with Crippen LogP contribution in [-0.4, -0.2) is 55.2 Å². The summed E-state index contributed by atoms with van der Waals surface area (Å²) < 4.78 is 0. The normalized spacial score (nSPS) is 18.2. The van der Waals surface area contributed by atoms with Crippen LogP contribution in [0.25, 0.3) is 16.7 Å². The Morgan fingerprint density at radius 1 is 1.11 bits per heavy atom. The lowest BCUT2D eigenvalue weighted by molar-refractivity contribution is 0.244. The average molecular weight is 363 g/mol. The number of piperazine rings is 1. The van der Waals surface area contributed by atoms with Crippen molar-refractivity contribution in [3.63, 3.8) is 0 Å². The van der Waals surface area contributed by atoms with Crippen LogP contribution in [0.5, 0.6) is 11.5 Å². The number of aromatic amines is 1. The van der Waals surface area contributed by atoms with Crippen LogP contribution in [0.4, 0.5) is 5.82 Å². The van der Waals surface area contributed by atoms with E-state index in [0.717, 1.165) is 60.6 Å². The number of aromatic hydroxyl groups is 2. The van der Waals surface area contributed by atoms with Gasteiger partial charge in [-0.2, -0.15) is 0 Å². The standard InChI is InChI=1S/C20H21N5O2/c1-13(14-8-15(26)10-16(27)9-14)25-7-6-24(11-20(25)3-4-20)19-17-2-5-21-18(17)22-12-23-19/h2,5,8-10,12,26-27H,1,3-4,6-7,11H2,(H,21,22,23). The zero-order valence-corrected chi connectivity index (χ0v) is 14.9. The van der Waals surface area contributed by atoms with Gasteiger partial charge in [0.2, 0.25) is 0 Å². The number of nitrogens with one attached hydrogen (secondary N) is 1. The van der Waals surface area contributed by atoms with E-state index >= 15 is 0 Å². The molecule has 138 valence electrons. The van der Waals surface area contributed by atoms with Crippen LogP contribution in [0.1, 0.15) is 18.4 Å². The largest absolute Gasteiger partial charge is 0.508 e. The van der Waals surface area contributed by atoms with Crippen molar-refractivity contribution in [3.05, 3.63) is 48.9 Å². The van der Waals surface area contributed by atoms with Gasteiger partial charge in [-0.05, 0) is 31.0 Å². The topological polar surface area (TPSA) is 88.5 Å². The molecule has 5 rings (SSSR count). The number of hydrogen-bond acceptors (Lipinski definition) is 6. The summed E-state index contributed by atoms with van der Waals surface area (Å²) in [6.45, 7) is 6.76. The molecule has 1 aliphatic heterocycles. The number of fused-ring (bicyclic) bond motifs is 1. The van der Waals surface area contributed by atoms with Gasteiger partial charge in [-0.15, -0.1) is 0 Å². The highest BCUT2D eigenvalue weighted by atomic mass is 16.3. The predicted octanol–water partition coefficient (Wildman–Crippen LogP) is 2.69. The van der Waals surface area contributed by atoms with E-state index in [2.05, 4.69) is 31.3 Å². The third-order valence-corrected chi connectivity index (χ3v) is 5.67. The number of phenolic OH excluding ortho intramolecular Hbond substituents is 2. The Bertz CT molecular complexity index is 1020. The van der Waals surface area contributed by atoms with Gasteiger partial charge in [-0.3, -0.25) is 0 Å². The van der Waals surface area contributed by atoms with Gasteiger partial charge >= 0.3 is 0 Å². The van der Waals surface area contributed by atoms with Crippen molar-refractivity contribution in [2.24, 2.45) is 0 Å². The van der Waals surface area contributed by atoms with Gasteiger partial charge in [0.25, 0.3) is 0 Å². The van der Waals surface area contributed by atoms with Crippen LogP contribution in [0.2, 0.25) is 0 Å². The van der Waals surface area contributed by atoms with Crippen molar-refractivity contribution in [3.8, 4) is 11.5 Å². The van der Waals surface area contributed by atoms with Crippen molar-refractivity contribution in [2.45, 2.75) is 18.4 Å². The molecule has 27 heavy (non-hydrogen) atoms. The smallest absolute Gasteiger partial charge is 0.142 e. The minimum Gasteiger partial charge on any atom is -0.508 e. The van der Waals surface area contributed by atoms with E-state index in [4.69, 9.17) is 0 Å². The third-order valence-electron chi connectivity index (χ3n) is 5.67. The molecule has 1 aliphatic carbocycles. The highest BCUT2D eigenvalue weighted by molar-refractivity contribution is 5.87. The minimum absolute atomic E-state index is 0.0317. The second kappa shape index (κ2) is 5.64. The molecule has 2 fully saturated rings. The molecule has 7 heteroatoms. The number of benzene rings is 1. The average Bonchev–Trinajstić information content (AvgIpc) is 3.23. The van der Waals surface area contributed by atoms with Crippen molar-refractivity contribution < 1.29 is 10.2 Å². The maximum Gasteiger partial charge on any atom is 0.142 e. The van der Waals surface area contributed by atoms with E-state index in [9.17, 15) is 10.2 Å². The lowest BCUT2D eigenvalue weighted by Crippen LogP contribution is -2.54. The zero-order valence-electron chi connectivity index (χ0n) is 14.9. The molecule has 1 spiro atoms. The van der Waals surface area contributed by atoms with Crippen LogP contribution in [0.15, 0.2) is 43.4 Å². The highest BCUT2D eigenvalue weighted by Crippen LogP contribution is 2.48. The number of phenols is 2. The van der Waals surface area contributed by atoms with Crippen LogP contribution in [0.3, 0.4) is 0 Å². The maximum absolute atomic E-state index is 9.81. The van der Waals surface area contributed by atoms with Crippen molar-refractivity contribution in [1.82, 2.24) is 19.9 Å². The van der Waals surface area contributed by atoms with Gasteiger partial charge in [0.15, 0.2) is 0 Å². The third kappa shape index (κ3) is 2.58. The van der Waals surface area contributed by atoms with Crippen LogP contribution in [-0.2, 0) is 0 Å². The Morgan fingerprint density at radius 2 is 1.89 bits per heavy atom. The second-order valence-corrected chi connectivity index (χ2v) is 7.42. The number of anilines is 1. The Hall–Kier alpha value is -3.22. The molecule has 1 aromatic carbocycles. The Kier molecular flexibility index (Phi) is 3.34. The Morgan fingerprint density at radius 3 is 2.63 bits per heavy atom. The van der Waals surface area contributed by atoms with Crippen LogP contribution < -0.4 is 4.90 Å². The molecule has 0 unspecified atom stereocenters. The van der Waals surface area contributed by atoms with Gasteiger partial charge in [0.1, 0.15) is 29.3 Å². The molecular weight excluding hydrogens is 342 g/mol. The first-order valence-electron chi connectivity index (χ1n) is 9.09. The molecule has 3 aromatic rings. The quantitative estimate of drug-likeness (QED) is 0.663. The molecule has 0 bridgehead atoms. The van der Waals surface area contributed by atoms with Crippen LogP contribution >= 0.6 is 0 Å². The van der Waals surface area contributed by atoms with Crippen LogP contribution in [0, 0.1) is 0 Å². The minimum atomic E-state index is 0.0317. The zero-order chi connectivity index (χ0) is 18.6. The monoisotopic (exact) mass is 363 g/mol. The summed E-state index contributed by atoms with van der Waals surface area (Å²) in [6, 6.07) is 6.65. The molecule has 0 radical (unpaired) electrons. The number of hydrogen-bond donors (Lipinski definition) is 3. The molecule has 3 N–H and O–H groups in total. The number of nitrogens with zero attached hydrogens (tertiary/aromatic N) is 4. The van der Waals surface area contributed by atoms with E-state index in [-0.39, 0.29) is 17.0 Å². The molecule has 2 aliphatic rings. The van der Waals surface area contributed by atoms with E-state index in [1.165, 1.54) is 6.07 Å². The molecule has 0 atom stereocenters. The summed E-state index contributed by atoms with van der Waals surface area (Å²) in [5.41, 5.74) is 2.48. The lowest BCUT2D eigenvalue weighted by atomic mass is 10.0. The summed E-state index contributed by atoms with van der Waals surface area (Å²) >= 11 is 0. The Labute approximate surface area is 156 Å². The van der Waals surface area contributed by atoms with Gasteiger partial charge in [0, 0.05) is 43.2 Å². The molecule has 7 nitrogen and oxygen atoms in total.